The molecule has 2 heteroatoms. The summed E-state index contributed by atoms with van der Waals surface area (Å²) in [6.45, 7) is 17.9. The van der Waals surface area contributed by atoms with Crippen molar-refractivity contribution in [3.05, 3.63) is 49.1 Å². The molecular weight excluding hydrogens is 258 g/mol. The van der Waals surface area contributed by atoms with E-state index in [1.807, 2.05) is 4.90 Å². The van der Waals surface area contributed by atoms with E-state index in [9.17, 15) is 4.79 Å². The first kappa shape index (κ1) is 17.5. The topological polar surface area (TPSA) is 20.3 Å². The summed E-state index contributed by atoms with van der Waals surface area (Å²) in [7, 11) is 0. The van der Waals surface area contributed by atoms with E-state index >= 15 is 0 Å². The Balaban J connectivity index is 0.00000106. The van der Waals surface area contributed by atoms with Crippen molar-refractivity contribution in [2.24, 2.45) is 17.8 Å². The van der Waals surface area contributed by atoms with E-state index in [2.05, 4.69) is 52.7 Å². The molecule has 2 atom stereocenters. The standard InChI is InChI=1S/C17H25NO.C2H4/c1-5-12(4)16(6-2)13-8-14-10-18(17(19)7-3)11-15(14)9-13;1-2/h5-7,13-15H,3,8-11H2,1-2,4H3;1-2H2/b12-5+,16-6+;. The lowest BCUT2D eigenvalue weighted by Gasteiger charge is -2.20. The lowest BCUT2D eigenvalue weighted by atomic mass is 9.90. The number of likely N-dealkylation sites (tertiary alicyclic amines) is 1. The van der Waals surface area contributed by atoms with E-state index in [1.165, 1.54) is 30.1 Å². The van der Waals surface area contributed by atoms with Gasteiger partial charge in [0.1, 0.15) is 0 Å². The summed E-state index contributed by atoms with van der Waals surface area (Å²) in [5, 5.41) is 0. The lowest BCUT2D eigenvalue weighted by Crippen LogP contribution is -2.28. The van der Waals surface area contributed by atoms with E-state index in [0.717, 1.165) is 13.1 Å². The average Bonchev–Trinajstić information content (AvgIpc) is 3.07. The highest BCUT2D eigenvalue weighted by molar-refractivity contribution is 5.87. The molecule has 0 aromatic rings. The van der Waals surface area contributed by atoms with Crippen LogP contribution in [0.2, 0.25) is 0 Å². The Morgan fingerprint density at radius 2 is 1.62 bits per heavy atom. The molecule has 116 valence electrons. The van der Waals surface area contributed by atoms with E-state index in [0.29, 0.717) is 17.8 Å². The summed E-state index contributed by atoms with van der Waals surface area (Å²) in [6.07, 6.45) is 8.39. The fraction of sp³-hybridized carbons (Fsp3) is 0.526. The quantitative estimate of drug-likeness (QED) is 0.429. The molecule has 2 fully saturated rings. The highest BCUT2D eigenvalue weighted by Gasteiger charge is 2.42. The average molecular weight is 287 g/mol. The molecule has 1 amide bonds. The maximum atomic E-state index is 11.7. The molecule has 0 spiro atoms. The first-order valence-corrected chi connectivity index (χ1v) is 7.81. The molecule has 21 heavy (non-hydrogen) atoms. The minimum atomic E-state index is 0.0989. The van der Waals surface area contributed by atoms with Crippen LogP contribution in [-0.2, 0) is 4.79 Å². The van der Waals surface area contributed by atoms with Crippen LogP contribution in [0.4, 0.5) is 0 Å². The molecule has 0 radical (unpaired) electrons. The Morgan fingerprint density at radius 1 is 1.10 bits per heavy atom. The van der Waals surface area contributed by atoms with Crippen molar-refractivity contribution in [3.8, 4) is 0 Å². The molecule has 2 aliphatic rings. The number of amides is 1. The van der Waals surface area contributed by atoms with Gasteiger partial charge in [-0.2, -0.15) is 0 Å². The Kier molecular flexibility index (Phi) is 6.67. The molecule has 0 aromatic heterocycles. The van der Waals surface area contributed by atoms with Gasteiger partial charge in [-0.05, 0) is 63.0 Å². The second-order valence-electron chi connectivity index (χ2n) is 5.85. The summed E-state index contributed by atoms with van der Waals surface area (Å²) in [5.41, 5.74) is 2.92. The number of nitrogens with zero attached hydrogens (tertiary/aromatic N) is 1. The van der Waals surface area contributed by atoms with Gasteiger partial charge in [0.05, 0.1) is 0 Å². The van der Waals surface area contributed by atoms with Gasteiger partial charge < -0.3 is 4.90 Å². The van der Waals surface area contributed by atoms with Crippen LogP contribution >= 0.6 is 0 Å². The maximum Gasteiger partial charge on any atom is 0.245 e. The van der Waals surface area contributed by atoms with Crippen LogP contribution in [0, 0.1) is 17.8 Å². The van der Waals surface area contributed by atoms with Crippen LogP contribution in [0.15, 0.2) is 49.1 Å². The van der Waals surface area contributed by atoms with Crippen LogP contribution in [0.3, 0.4) is 0 Å². The molecule has 0 aromatic carbocycles. The van der Waals surface area contributed by atoms with Gasteiger partial charge in [-0.15, -0.1) is 13.2 Å². The molecule has 2 unspecified atom stereocenters. The zero-order chi connectivity index (χ0) is 16.0. The van der Waals surface area contributed by atoms with E-state index < -0.39 is 0 Å². The normalized spacial score (nSPS) is 28.7. The zero-order valence-electron chi connectivity index (χ0n) is 13.8. The third-order valence-electron chi connectivity index (χ3n) is 4.88. The Hall–Kier alpha value is -1.57. The van der Waals surface area contributed by atoms with Gasteiger partial charge in [-0.1, -0.05) is 24.3 Å². The summed E-state index contributed by atoms with van der Waals surface area (Å²) >= 11 is 0. The van der Waals surface area contributed by atoms with Crippen LogP contribution in [-0.4, -0.2) is 23.9 Å². The zero-order valence-corrected chi connectivity index (χ0v) is 13.8. The first-order valence-electron chi connectivity index (χ1n) is 7.81. The van der Waals surface area contributed by atoms with Crippen molar-refractivity contribution in [2.75, 3.05) is 13.1 Å². The molecule has 2 nitrogen and oxygen atoms in total. The predicted molar refractivity (Wildman–Crippen MR) is 90.9 cm³/mol. The van der Waals surface area contributed by atoms with Crippen molar-refractivity contribution < 1.29 is 4.79 Å². The monoisotopic (exact) mass is 287 g/mol. The van der Waals surface area contributed by atoms with Gasteiger partial charge in [-0.3, -0.25) is 4.79 Å². The van der Waals surface area contributed by atoms with Gasteiger partial charge in [0.2, 0.25) is 5.91 Å². The number of hydrogen-bond acceptors (Lipinski definition) is 1. The molecule has 0 N–H and O–H groups in total. The fourth-order valence-electron chi connectivity index (χ4n) is 3.81. The Morgan fingerprint density at radius 3 is 2.00 bits per heavy atom. The molecule has 1 heterocycles. The molecule has 0 bridgehead atoms. The third kappa shape index (κ3) is 3.75. The van der Waals surface area contributed by atoms with Crippen LogP contribution in [0.5, 0.6) is 0 Å². The molecule has 2 rings (SSSR count). The van der Waals surface area contributed by atoms with E-state index in [4.69, 9.17) is 0 Å². The summed E-state index contributed by atoms with van der Waals surface area (Å²) in [4.78, 5) is 13.6. The van der Waals surface area contributed by atoms with Crippen molar-refractivity contribution >= 4 is 5.91 Å². The maximum absolute atomic E-state index is 11.7. The lowest BCUT2D eigenvalue weighted by molar-refractivity contribution is -0.125. The van der Waals surface area contributed by atoms with Crippen LogP contribution < -0.4 is 0 Å². The van der Waals surface area contributed by atoms with Crippen LogP contribution in [0.1, 0.15) is 33.6 Å². The number of carbonyl (C=O) groups is 1. The largest absolute Gasteiger partial charge is 0.339 e. The molecule has 1 aliphatic carbocycles. The van der Waals surface area contributed by atoms with Gasteiger partial charge in [0.15, 0.2) is 0 Å². The molecule has 1 saturated carbocycles. The molecular formula is C19H29NO. The number of rotatable bonds is 3. The first-order chi connectivity index (χ1) is 10.1. The second-order valence-corrected chi connectivity index (χ2v) is 5.85. The summed E-state index contributed by atoms with van der Waals surface area (Å²) < 4.78 is 0. The van der Waals surface area contributed by atoms with Crippen molar-refractivity contribution in [3.63, 3.8) is 0 Å². The molecule has 1 aliphatic heterocycles. The van der Waals surface area contributed by atoms with Crippen molar-refractivity contribution in [1.82, 2.24) is 4.90 Å². The highest BCUT2D eigenvalue weighted by atomic mass is 16.2. The summed E-state index contributed by atoms with van der Waals surface area (Å²) in [5.74, 6) is 2.17. The highest BCUT2D eigenvalue weighted by Crippen LogP contribution is 2.45. The van der Waals surface area contributed by atoms with Gasteiger partial charge >= 0.3 is 0 Å². The number of carbonyl (C=O) groups excluding carboxylic acids is 1. The number of allylic oxidation sites excluding steroid dienone is 4. The Bertz CT molecular complexity index is 432. The van der Waals surface area contributed by atoms with Crippen molar-refractivity contribution in [1.29, 1.82) is 0 Å². The van der Waals surface area contributed by atoms with Gasteiger partial charge in [-0.25, -0.2) is 0 Å². The van der Waals surface area contributed by atoms with Crippen LogP contribution in [0.25, 0.3) is 0 Å². The summed E-state index contributed by atoms with van der Waals surface area (Å²) in [6, 6.07) is 0. The number of fused-ring (bicyclic) bond motifs is 1. The minimum Gasteiger partial charge on any atom is -0.339 e. The van der Waals surface area contributed by atoms with E-state index in [1.54, 1.807) is 0 Å². The predicted octanol–water partition coefficient (Wildman–Crippen LogP) is 4.37. The van der Waals surface area contributed by atoms with Gasteiger partial charge in [0.25, 0.3) is 0 Å². The fourth-order valence-corrected chi connectivity index (χ4v) is 3.81. The minimum absolute atomic E-state index is 0.0989. The Labute approximate surface area is 129 Å². The number of hydrogen-bond donors (Lipinski definition) is 0. The van der Waals surface area contributed by atoms with Gasteiger partial charge in [0, 0.05) is 13.1 Å². The van der Waals surface area contributed by atoms with Crippen molar-refractivity contribution in [2.45, 2.75) is 33.6 Å². The molecule has 1 saturated heterocycles. The SMILES string of the molecule is C=C.C=CC(=O)N1CC2CC(C(=C/C)/C(C)=C/C)CC2C1. The van der Waals surface area contributed by atoms with E-state index in [-0.39, 0.29) is 5.91 Å². The second kappa shape index (κ2) is 8.02. The third-order valence-corrected chi connectivity index (χ3v) is 4.88. The smallest absolute Gasteiger partial charge is 0.245 e.